The zero-order valence-electron chi connectivity index (χ0n) is 15.9. The van der Waals surface area contributed by atoms with E-state index in [0.717, 1.165) is 5.56 Å². The van der Waals surface area contributed by atoms with Crippen molar-refractivity contribution >= 4 is 11.9 Å². The summed E-state index contributed by atoms with van der Waals surface area (Å²) in [4.78, 5) is 26.2. The zero-order chi connectivity index (χ0) is 21.3. The van der Waals surface area contributed by atoms with Crippen LogP contribution in [0.5, 0.6) is 0 Å². The van der Waals surface area contributed by atoms with Crippen LogP contribution in [0.2, 0.25) is 0 Å². The van der Waals surface area contributed by atoms with Gasteiger partial charge in [0, 0.05) is 0 Å². The maximum Gasteiger partial charge on any atom is 0.319 e. The molecule has 0 radical (unpaired) electrons. The molecule has 5 nitrogen and oxygen atoms in total. The van der Waals surface area contributed by atoms with Gasteiger partial charge in [0.2, 0.25) is 5.91 Å². The molecule has 0 saturated carbocycles. The van der Waals surface area contributed by atoms with Gasteiger partial charge in [-0.2, -0.15) is 0 Å². The van der Waals surface area contributed by atoms with Crippen LogP contribution in [-0.2, 0) is 10.3 Å². The third-order valence-electron chi connectivity index (χ3n) is 5.33. The number of halogens is 2. The number of hydrogen-bond donors (Lipinski definition) is 2. The summed E-state index contributed by atoms with van der Waals surface area (Å²) in [5, 5.41) is 2.98. The first-order chi connectivity index (χ1) is 14.4. The third kappa shape index (κ3) is 3.28. The van der Waals surface area contributed by atoms with E-state index < -0.39 is 35.2 Å². The maximum absolute atomic E-state index is 13.7. The summed E-state index contributed by atoms with van der Waals surface area (Å²) in [5.74, 6) is -1.52. The summed E-state index contributed by atoms with van der Waals surface area (Å²) in [6.45, 7) is -0.310. The van der Waals surface area contributed by atoms with Crippen LogP contribution in [0.3, 0.4) is 0 Å². The Bertz CT molecular complexity index is 1020. The lowest BCUT2D eigenvalue weighted by atomic mass is 9.75. The quantitative estimate of drug-likeness (QED) is 0.680. The van der Waals surface area contributed by atoms with Crippen molar-refractivity contribution in [1.82, 2.24) is 10.2 Å². The number of amides is 3. The first kappa shape index (κ1) is 19.6. The number of nitrogens with zero attached hydrogens (tertiary/aromatic N) is 1. The van der Waals surface area contributed by atoms with Crippen LogP contribution in [0.25, 0.3) is 0 Å². The van der Waals surface area contributed by atoms with Crippen LogP contribution in [0.4, 0.5) is 13.6 Å². The van der Waals surface area contributed by atoms with E-state index in [-0.39, 0.29) is 6.54 Å². The molecule has 0 aliphatic carbocycles. The minimum absolute atomic E-state index is 0.310. The number of primary amides is 1. The Labute approximate surface area is 172 Å². The Kier molecular flexibility index (Phi) is 4.95. The Hall–Kier alpha value is -3.74. The highest BCUT2D eigenvalue weighted by Gasteiger charge is 2.54. The lowest BCUT2D eigenvalue weighted by Crippen LogP contribution is -2.44. The van der Waals surface area contributed by atoms with Crippen LogP contribution >= 0.6 is 0 Å². The molecule has 3 aromatic rings. The van der Waals surface area contributed by atoms with Crippen molar-refractivity contribution in [3.8, 4) is 0 Å². The van der Waals surface area contributed by atoms with E-state index in [1.165, 1.54) is 29.2 Å². The molecule has 1 heterocycles. The number of hydrogen-bond acceptors (Lipinski definition) is 2. The molecule has 0 bridgehead atoms. The van der Waals surface area contributed by atoms with Crippen molar-refractivity contribution in [2.45, 2.75) is 11.6 Å². The van der Waals surface area contributed by atoms with E-state index in [1.54, 1.807) is 24.3 Å². The number of carbonyl (C=O) groups is 2. The van der Waals surface area contributed by atoms with Gasteiger partial charge in [-0.15, -0.1) is 0 Å². The van der Waals surface area contributed by atoms with Gasteiger partial charge in [0.05, 0.1) is 6.04 Å². The molecule has 3 aromatic carbocycles. The number of rotatable bonds is 5. The molecule has 152 valence electrons. The smallest absolute Gasteiger partial charge is 0.319 e. The highest BCUT2D eigenvalue weighted by molar-refractivity contribution is 5.87. The van der Waals surface area contributed by atoms with Gasteiger partial charge in [0.1, 0.15) is 23.7 Å². The summed E-state index contributed by atoms with van der Waals surface area (Å²) >= 11 is 0. The minimum atomic E-state index is -1.20. The average Bonchev–Trinajstić information content (AvgIpc) is 3.02. The molecule has 0 unspecified atom stereocenters. The molecule has 1 fully saturated rings. The van der Waals surface area contributed by atoms with Crippen molar-refractivity contribution in [1.29, 1.82) is 0 Å². The van der Waals surface area contributed by atoms with Gasteiger partial charge >= 0.3 is 6.03 Å². The molecule has 1 atom stereocenters. The topological polar surface area (TPSA) is 75.4 Å². The van der Waals surface area contributed by atoms with E-state index in [1.807, 2.05) is 30.3 Å². The van der Waals surface area contributed by atoms with Crippen LogP contribution in [0, 0.1) is 11.6 Å². The summed E-state index contributed by atoms with van der Waals surface area (Å²) in [6, 6.07) is 19.4. The van der Waals surface area contributed by atoms with Crippen molar-refractivity contribution in [3.05, 3.63) is 107 Å². The summed E-state index contributed by atoms with van der Waals surface area (Å²) in [7, 11) is 0. The molecular formula is C23H19F2N3O2. The van der Waals surface area contributed by atoms with Gasteiger partial charge in [0.15, 0.2) is 0 Å². The van der Waals surface area contributed by atoms with Gasteiger partial charge in [-0.1, -0.05) is 54.6 Å². The fourth-order valence-electron chi connectivity index (χ4n) is 4.11. The fraction of sp³-hybridized carbons (Fsp3) is 0.130. The van der Waals surface area contributed by atoms with E-state index >= 15 is 0 Å². The van der Waals surface area contributed by atoms with Gasteiger partial charge in [-0.05, 0) is 41.0 Å². The second-order valence-corrected chi connectivity index (χ2v) is 7.16. The predicted molar refractivity (Wildman–Crippen MR) is 107 cm³/mol. The number of benzene rings is 3. The number of carbonyl (C=O) groups excluding carboxylic acids is 2. The van der Waals surface area contributed by atoms with Crippen LogP contribution < -0.4 is 11.1 Å². The van der Waals surface area contributed by atoms with Crippen molar-refractivity contribution in [3.63, 3.8) is 0 Å². The molecule has 7 heteroatoms. The fourth-order valence-corrected chi connectivity index (χ4v) is 4.11. The zero-order valence-corrected chi connectivity index (χ0v) is 15.9. The molecule has 1 saturated heterocycles. The van der Waals surface area contributed by atoms with Gasteiger partial charge < -0.3 is 16.0 Å². The van der Waals surface area contributed by atoms with Gasteiger partial charge in [-0.25, -0.2) is 13.6 Å². The van der Waals surface area contributed by atoms with Crippen molar-refractivity contribution in [2.24, 2.45) is 5.73 Å². The normalized spacial score (nSPS) is 17.6. The van der Waals surface area contributed by atoms with E-state index in [2.05, 4.69) is 5.32 Å². The Balaban J connectivity index is 2.00. The largest absolute Gasteiger partial charge is 0.368 e. The molecule has 0 spiro atoms. The van der Waals surface area contributed by atoms with Crippen molar-refractivity contribution < 1.29 is 18.4 Å². The Morgan fingerprint density at radius 3 is 1.87 bits per heavy atom. The first-order valence-electron chi connectivity index (χ1n) is 9.36. The predicted octanol–water partition coefficient (Wildman–Crippen LogP) is 3.46. The highest BCUT2D eigenvalue weighted by Crippen LogP contribution is 2.48. The van der Waals surface area contributed by atoms with E-state index in [9.17, 15) is 18.4 Å². The molecule has 3 amide bonds. The first-order valence-corrected chi connectivity index (χ1v) is 9.36. The number of nitrogens with two attached hydrogens (primary N) is 1. The van der Waals surface area contributed by atoms with E-state index in [4.69, 9.17) is 5.73 Å². The Morgan fingerprint density at radius 1 is 0.900 bits per heavy atom. The molecule has 4 rings (SSSR count). The molecule has 1 aliphatic heterocycles. The maximum atomic E-state index is 13.7. The summed E-state index contributed by atoms with van der Waals surface area (Å²) in [6.07, 6.45) is 0. The van der Waals surface area contributed by atoms with Gasteiger partial charge in [0.25, 0.3) is 0 Å². The second kappa shape index (κ2) is 7.59. The Morgan fingerprint density at radius 2 is 1.40 bits per heavy atom. The standard InChI is InChI=1S/C23H19F2N3O2/c24-18-10-6-16(7-11-18)23(17-8-12-19(25)13-9-17)21(15-4-2-1-3-5-15)28(14-20(26)29)22(30)27-23/h1-13,21H,14H2,(H2,26,29)(H,27,30)/t21-/m0/s1. The van der Waals surface area contributed by atoms with Crippen molar-refractivity contribution in [2.75, 3.05) is 6.54 Å². The molecule has 30 heavy (non-hydrogen) atoms. The number of nitrogens with one attached hydrogen (secondary N) is 1. The molecule has 3 N–H and O–H groups in total. The second-order valence-electron chi connectivity index (χ2n) is 7.16. The monoisotopic (exact) mass is 407 g/mol. The summed E-state index contributed by atoms with van der Waals surface area (Å²) in [5.41, 5.74) is 6.14. The number of urea groups is 1. The third-order valence-corrected chi connectivity index (χ3v) is 5.33. The lowest BCUT2D eigenvalue weighted by Gasteiger charge is -2.38. The summed E-state index contributed by atoms with van der Waals surface area (Å²) < 4.78 is 27.4. The van der Waals surface area contributed by atoms with Crippen LogP contribution in [0.1, 0.15) is 22.7 Å². The van der Waals surface area contributed by atoms with Gasteiger partial charge in [-0.3, -0.25) is 4.79 Å². The molecule has 0 aromatic heterocycles. The lowest BCUT2D eigenvalue weighted by molar-refractivity contribution is -0.118. The highest BCUT2D eigenvalue weighted by atomic mass is 19.1. The minimum Gasteiger partial charge on any atom is -0.368 e. The van der Waals surface area contributed by atoms with E-state index in [0.29, 0.717) is 11.1 Å². The average molecular weight is 407 g/mol. The molecule has 1 aliphatic rings. The SMILES string of the molecule is NC(=O)CN1C(=O)NC(c2ccc(F)cc2)(c2ccc(F)cc2)[C@@H]1c1ccccc1. The van der Waals surface area contributed by atoms with Crippen LogP contribution in [-0.4, -0.2) is 23.4 Å². The molecular weight excluding hydrogens is 388 g/mol. The van der Waals surface area contributed by atoms with Crippen LogP contribution in [0.15, 0.2) is 78.9 Å².